The lowest BCUT2D eigenvalue weighted by Crippen LogP contribution is -2.75. The second kappa shape index (κ2) is 7.12. The van der Waals surface area contributed by atoms with E-state index in [4.69, 9.17) is 0 Å². The summed E-state index contributed by atoms with van der Waals surface area (Å²) in [6.45, 7) is 12.6. The molecule has 1 fully saturated rings. The molecule has 0 amide bonds. The summed E-state index contributed by atoms with van der Waals surface area (Å²) in [5, 5.41) is 0. The van der Waals surface area contributed by atoms with Crippen molar-refractivity contribution >= 4 is 31.8 Å². The van der Waals surface area contributed by atoms with Crippen LogP contribution in [-0.4, -0.2) is 60.8 Å². The van der Waals surface area contributed by atoms with Gasteiger partial charge in [0.25, 0.3) is 14.0 Å². The lowest BCUT2D eigenvalue weighted by molar-refractivity contribution is 0.485. The van der Waals surface area contributed by atoms with Crippen molar-refractivity contribution < 1.29 is 0 Å². The Hall–Kier alpha value is 0.425. The van der Waals surface area contributed by atoms with Gasteiger partial charge in [0.05, 0.1) is 0 Å². The standard InChI is InChI=1S/C10H26B3N3S/c1-7-11-14(5)12(8-2)16(10-4)13(17-6)15(11)9-3/h7-10H2,1-6H3. The molecule has 0 aromatic carbocycles. The Morgan fingerprint density at radius 2 is 1.29 bits per heavy atom. The molecule has 0 saturated carbocycles. The van der Waals surface area contributed by atoms with Gasteiger partial charge in [-0.15, -0.1) is 0 Å². The van der Waals surface area contributed by atoms with Crippen LogP contribution in [-0.2, 0) is 0 Å². The Morgan fingerprint density at radius 3 is 1.53 bits per heavy atom. The zero-order chi connectivity index (χ0) is 13.0. The molecule has 0 atom stereocenters. The van der Waals surface area contributed by atoms with Crippen molar-refractivity contribution in [2.75, 3.05) is 26.4 Å². The molecule has 1 heterocycles. The van der Waals surface area contributed by atoms with Crippen molar-refractivity contribution in [3.8, 4) is 0 Å². The van der Waals surface area contributed by atoms with Gasteiger partial charge in [0, 0.05) is 0 Å². The van der Waals surface area contributed by atoms with Crippen LogP contribution in [0.1, 0.15) is 27.7 Å². The normalized spacial score (nSPS) is 20.5. The van der Waals surface area contributed by atoms with E-state index in [1.54, 1.807) is 0 Å². The van der Waals surface area contributed by atoms with Gasteiger partial charge >= 0.3 is 6.26 Å². The average molecular weight is 253 g/mol. The maximum Gasteiger partial charge on any atom is 0.360 e. The maximum absolute atomic E-state index is 2.63. The van der Waals surface area contributed by atoms with E-state index >= 15 is 0 Å². The van der Waals surface area contributed by atoms with Crippen LogP contribution in [0.5, 0.6) is 0 Å². The molecule has 0 radical (unpaired) electrons. The Morgan fingerprint density at radius 1 is 0.882 bits per heavy atom. The van der Waals surface area contributed by atoms with Gasteiger partial charge in [0.2, 0.25) is 0 Å². The average Bonchev–Trinajstić information content (AvgIpc) is 2.36. The third kappa shape index (κ3) is 2.88. The molecule has 1 aliphatic heterocycles. The van der Waals surface area contributed by atoms with Crippen LogP contribution in [0.2, 0.25) is 12.6 Å². The van der Waals surface area contributed by atoms with Crippen LogP contribution in [0, 0.1) is 0 Å². The largest absolute Gasteiger partial charge is 0.360 e. The molecule has 0 aromatic rings. The van der Waals surface area contributed by atoms with Crippen molar-refractivity contribution in [3.05, 3.63) is 0 Å². The molecule has 0 bridgehead atoms. The van der Waals surface area contributed by atoms with Crippen LogP contribution >= 0.6 is 11.6 Å². The highest BCUT2D eigenvalue weighted by molar-refractivity contribution is 8.24. The summed E-state index contributed by atoms with van der Waals surface area (Å²) in [6, 6.07) is 0. The van der Waals surface area contributed by atoms with Crippen LogP contribution in [0.25, 0.3) is 0 Å². The zero-order valence-corrected chi connectivity index (χ0v) is 13.1. The van der Waals surface area contributed by atoms with E-state index in [2.05, 4.69) is 55.2 Å². The first-order chi connectivity index (χ1) is 8.15. The fourth-order valence-electron chi connectivity index (χ4n) is 3.20. The van der Waals surface area contributed by atoms with Gasteiger partial charge in [0.1, 0.15) is 0 Å². The Balaban J connectivity index is 2.99. The Labute approximate surface area is 113 Å². The monoisotopic (exact) mass is 253 g/mol. The van der Waals surface area contributed by atoms with E-state index in [1.807, 2.05) is 11.6 Å². The minimum absolute atomic E-state index is 0.538. The number of rotatable bonds is 5. The summed E-state index contributed by atoms with van der Waals surface area (Å²) in [7, 11) is 2.28. The fraction of sp³-hybridized carbons (Fsp3) is 1.00. The highest BCUT2D eigenvalue weighted by atomic mass is 32.2. The van der Waals surface area contributed by atoms with Gasteiger partial charge in [-0.1, -0.05) is 27.7 Å². The highest BCUT2D eigenvalue weighted by Crippen LogP contribution is 2.26. The topological polar surface area (TPSA) is 9.72 Å². The van der Waals surface area contributed by atoms with Crippen molar-refractivity contribution in [1.82, 2.24) is 14.2 Å². The maximum atomic E-state index is 2.63. The molecule has 0 aliphatic carbocycles. The van der Waals surface area contributed by atoms with E-state index in [-0.39, 0.29) is 0 Å². The third-order valence-electron chi connectivity index (χ3n) is 3.94. The van der Waals surface area contributed by atoms with Crippen LogP contribution < -0.4 is 0 Å². The Kier molecular flexibility index (Phi) is 6.49. The molecule has 17 heavy (non-hydrogen) atoms. The smallest absolute Gasteiger partial charge is 0.360 e. The molecule has 1 rings (SSSR count). The summed E-state index contributed by atoms with van der Waals surface area (Å²) in [4.78, 5) is 0. The van der Waals surface area contributed by atoms with Crippen molar-refractivity contribution in [1.29, 1.82) is 0 Å². The SMILES string of the molecule is CCB1N(C)B(CC)N(CC)B(SC)N1CC. The van der Waals surface area contributed by atoms with Crippen LogP contribution in [0.15, 0.2) is 0 Å². The number of hydrogen-bond acceptors (Lipinski definition) is 4. The predicted octanol–water partition coefficient (Wildman–Crippen LogP) is 1.94. The third-order valence-corrected chi connectivity index (χ3v) is 4.91. The van der Waals surface area contributed by atoms with Gasteiger partial charge < -0.3 is 14.2 Å². The fourth-order valence-corrected chi connectivity index (χ4v) is 4.32. The van der Waals surface area contributed by atoms with Crippen molar-refractivity contribution in [3.63, 3.8) is 0 Å². The van der Waals surface area contributed by atoms with Crippen LogP contribution in [0.3, 0.4) is 0 Å². The van der Waals surface area contributed by atoms with E-state index in [9.17, 15) is 0 Å². The minimum atomic E-state index is 0.538. The van der Waals surface area contributed by atoms with E-state index < -0.39 is 0 Å². The molecular formula is C10H26B3N3S. The summed E-state index contributed by atoms with van der Waals surface area (Å²) in [5.74, 6) is 0. The highest BCUT2D eigenvalue weighted by Gasteiger charge is 2.48. The van der Waals surface area contributed by atoms with Gasteiger partial charge in [-0.25, -0.2) is 0 Å². The summed E-state index contributed by atoms with van der Waals surface area (Å²) >= 11 is 1.98. The predicted molar refractivity (Wildman–Crippen MR) is 84.3 cm³/mol. The molecule has 7 heteroatoms. The molecule has 3 nitrogen and oxygen atoms in total. The molecule has 1 aliphatic rings. The van der Waals surface area contributed by atoms with Crippen LogP contribution in [0.4, 0.5) is 0 Å². The first kappa shape index (κ1) is 15.5. The van der Waals surface area contributed by atoms with E-state index in [1.165, 1.54) is 12.6 Å². The number of hydrogen-bond donors (Lipinski definition) is 0. The van der Waals surface area contributed by atoms with Gasteiger partial charge in [-0.2, -0.15) is 11.6 Å². The molecule has 96 valence electrons. The number of nitrogens with zero attached hydrogens (tertiary/aromatic N) is 3. The van der Waals surface area contributed by atoms with E-state index in [0.29, 0.717) is 20.2 Å². The van der Waals surface area contributed by atoms with Crippen molar-refractivity contribution in [2.24, 2.45) is 0 Å². The molecule has 1 saturated heterocycles. The molecule has 0 spiro atoms. The first-order valence-corrected chi connectivity index (χ1v) is 8.21. The quantitative estimate of drug-likeness (QED) is 0.692. The summed E-state index contributed by atoms with van der Waals surface area (Å²) in [5.41, 5.74) is 0. The minimum Gasteiger partial charge on any atom is -0.360 e. The second-order valence-corrected chi connectivity index (χ2v) is 5.56. The van der Waals surface area contributed by atoms with Gasteiger partial charge in [0.15, 0.2) is 0 Å². The molecule has 0 N–H and O–H groups in total. The Bertz CT molecular complexity index is 215. The van der Waals surface area contributed by atoms with E-state index in [0.717, 1.165) is 13.1 Å². The summed E-state index contributed by atoms with van der Waals surface area (Å²) < 4.78 is 7.81. The zero-order valence-electron chi connectivity index (χ0n) is 12.3. The lowest BCUT2D eigenvalue weighted by atomic mass is 9.47. The van der Waals surface area contributed by atoms with Gasteiger partial charge in [-0.3, -0.25) is 0 Å². The first-order valence-electron chi connectivity index (χ1n) is 6.92. The molecule has 0 unspecified atom stereocenters. The second-order valence-electron chi connectivity index (χ2n) is 4.67. The summed E-state index contributed by atoms with van der Waals surface area (Å²) in [6.07, 6.45) is 5.18. The van der Waals surface area contributed by atoms with Crippen molar-refractivity contribution in [2.45, 2.75) is 40.3 Å². The molecule has 0 aromatic heterocycles. The molecular weight excluding hydrogens is 227 g/mol. The van der Waals surface area contributed by atoms with Gasteiger partial charge in [-0.05, 0) is 39.0 Å². The lowest BCUT2D eigenvalue weighted by Gasteiger charge is -2.52.